The lowest BCUT2D eigenvalue weighted by atomic mass is 10.2. The van der Waals surface area contributed by atoms with Crippen molar-refractivity contribution in [2.75, 3.05) is 38.7 Å². The predicted molar refractivity (Wildman–Crippen MR) is 105 cm³/mol. The Morgan fingerprint density at radius 1 is 1.19 bits per heavy atom. The van der Waals surface area contributed by atoms with E-state index in [2.05, 4.69) is 21.2 Å². The highest BCUT2D eigenvalue weighted by Gasteiger charge is 2.30. The number of hydrogen-bond donors (Lipinski definition) is 1. The average molecular weight is 455 g/mol. The molecule has 0 aromatic heterocycles. The minimum Gasteiger partial charge on any atom is -0.495 e. The normalized spacial score (nSPS) is 15.3. The number of benzene rings is 2. The second-order valence-corrected chi connectivity index (χ2v) is 8.67. The van der Waals surface area contributed by atoms with E-state index >= 15 is 0 Å². The summed E-state index contributed by atoms with van der Waals surface area (Å²) in [6.07, 6.45) is 0. The molecule has 1 saturated heterocycles. The van der Waals surface area contributed by atoms with E-state index in [0.717, 1.165) is 4.47 Å². The third-order valence-corrected chi connectivity index (χ3v) is 6.51. The standard InChI is InChI=1S/C18H19BrN2O5S/c1-25-16-6-5-13(18(22)20-15-4-2-3-14(19)12-15)11-17(16)27(23,24)21-7-9-26-10-8-21/h2-6,11-12H,7-10H2,1H3,(H,20,22). The molecule has 7 nitrogen and oxygen atoms in total. The Labute approximate surface area is 166 Å². The number of ether oxygens (including phenoxy) is 2. The van der Waals surface area contributed by atoms with Crippen LogP contribution in [0.25, 0.3) is 0 Å². The first-order valence-corrected chi connectivity index (χ1v) is 10.5. The van der Waals surface area contributed by atoms with E-state index in [1.54, 1.807) is 18.2 Å². The molecule has 0 unspecified atom stereocenters. The average Bonchev–Trinajstić information content (AvgIpc) is 2.68. The first-order chi connectivity index (χ1) is 12.9. The van der Waals surface area contributed by atoms with Crippen LogP contribution in [-0.2, 0) is 14.8 Å². The number of carbonyl (C=O) groups is 1. The van der Waals surface area contributed by atoms with Gasteiger partial charge in [0, 0.05) is 28.8 Å². The molecule has 0 bridgehead atoms. The van der Waals surface area contributed by atoms with Gasteiger partial charge in [-0.1, -0.05) is 22.0 Å². The molecule has 1 aliphatic rings. The van der Waals surface area contributed by atoms with Gasteiger partial charge in [-0.15, -0.1) is 0 Å². The number of carbonyl (C=O) groups excluding carboxylic acids is 1. The summed E-state index contributed by atoms with van der Waals surface area (Å²) in [4.78, 5) is 12.6. The van der Waals surface area contributed by atoms with Gasteiger partial charge in [-0.2, -0.15) is 4.31 Å². The van der Waals surface area contributed by atoms with Gasteiger partial charge in [0.2, 0.25) is 10.0 Å². The molecule has 1 heterocycles. The van der Waals surface area contributed by atoms with Crippen LogP contribution in [0.5, 0.6) is 5.75 Å². The molecule has 1 N–H and O–H groups in total. The fourth-order valence-electron chi connectivity index (χ4n) is 2.72. The van der Waals surface area contributed by atoms with Crippen molar-refractivity contribution in [2.24, 2.45) is 0 Å². The Bertz CT molecular complexity index is 943. The van der Waals surface area contributed by atoms with Crippen molar-refractivity contribution < 1.29 is 22.7 Å². The summed E-state index contributed by atoms with van der Waals surface area (Å²) in [7, 11) is -2.40. The van der Waals surface area contributed by atoms with Crippen molar-refractivity contribution in [1.29, 1.82) is 0 Å². The summed E-state index contributed by atoms with van der Waals surface area (Å²) in [6.45, 7) is 1.20. The SMILES string of the molecule is COc1ccc(C(=O)Nc2cccc(Br)c2)cc1S(=O)(=O)N1CCOCC1. The zero-order valence-corrected chi connectivity index (χ0v) is 17.0. The number of rotatable bonds is 5. The maximum Gasteiger partial charge on any atom is 0.255 e. The molecule has 27 heavy (non-hydrogen) atoms. The van der Waals surface area contributed by atoms with Crippen LogP contribution in [0.1, 0.15) is 10.4 Å². The van der Waals surface area contributed by atoms with Crippen LogP contribution in [-0.4, -0.2) is 52.0 Å². The molecule has 3 rings (SSSR count). The van der Waals surface area contributed by atoms with Crippen molar-refractivity contribution >= 4 is 37.5 Å². The minimum atomic E-state index is -3.80. The van der Waals surface area contributed by atoms with Gasteiger partial charge in [-0.3, -0.25) is 4.79 Å². The molecule has 2 aromatic carbocycles. The molecule has 0 saturated carbocycles. The number of nitrogens with zero attached hydrogens (tertiary/aromatic N) is 1. The number of morpholine rings is 1. The number of hydrogen-bond acceptors (Lipinski definition) is 5. The minimum absolute atomic E-state index is 0.0335. The zero-order valence-electron chi connectivity index (χ0n) is 14.6. The second kappa shape index (κ2) is 8.39. The van der Waals surface area contributed by atoms with Crippen molar-refractivity contribution in [3.8, 4) is 5.75 Å². The summed E-state index contributed by atoms with van der Waals surface area (Å²) in [5, 5.41) is 2.76. The lowest BCUT2D eigenvalue weighted by molar-refractivity contribution is 0.0729. The number of anilines is 1. The lowest BCUT2D eigenvalue weighted by Gasteiger charge is -2.26. The Hall–Kier alpha value is -1.94. The fourth-order valence-corrected chi connectivity index (χ4v) is 4.70. The lowest BCUT2D eigenvalue weighted by Crippen LogP contribution is -2.40. The van der Waals surface area contributed by atoms with Gasteiger partial charge in [-0.05, 0) is 36.4 Å². The Morgan fingerprint density at radius 3 is 2.59 bits per heavy atom. The van der Waals surface area contributed by atoms with Gasteiger partial charge in [0.1, 0.15) is 10.6 Å². The number of nitrogens with one attached hydrogen (secondary N) is 1. The molecule has 9 heteroatoms. The topological polar surface area (TPSA) is 84.9 Å². The van der Waals surface area contributed by atoms with Crippen LogP contribution in [0.2, 0.25) is 0 Å². The molecular formula is C18H19BrN2O5S. The van der Waals surface area contributed by atoms with E-state index in [1.165, 1.54) is 29.6 Å². The number of amides is 1. The van der Waals surface area contributed by atoms with Gasteiger partial charge in [0.25, 0.3) is 5.91 Å². The van der Waals surface area contributed by atoms with Crippen molar-refractivity contribution in [2.45, 2.75) is 4.90 Å². The molecule has 0 aliphatic carbocycles. The summed E-state index contributed by atoms with van der Waals surface area (Å²) in [5.74, 6) is -0.213. The smallest absolute Gasteiger partial charge is 0.255 e. The zero-order chi connectivity index (χ0) is 19.4. The van der Waals surface area contributed by atoms with E-state index in [9.17, 15) is 13.2 Å². The van der Waals surface area contributed by atoms with Crippen molar-refractivity contribution in [1.82, 2.24) is 4.31 Å². The first kappa shape index (κ1) is 19.8. The van der Waals surface area contributed by atoms with Gasteiger partial charge in [0.15, 0.2) is 0 Å². The van der Waals surface area contributed by atoms with Crippen molar-refractivity contribution in [3.05, 3.63) is 52.5 Å². The highest BCUT2D eigenvalue weighted by atomic mass is 79.9. The predicted octanol–water partition coefficient (Wildman–Crippen LogP) is 2.73. The molecule has 0 spiro atoms. The van der Waals surface area contributed by atoms with Crippen LogP contribution in [0, 0.1) is 0 Å². The maximum absolute atomic E-state index is 13.0. The Kier molecular flexibility index (Phi) is 6.15. The highest BCUT2D eigenvalue weighted by molar-refractivity contribution is 9.10. The number of sulfonamides is 1. The van der Waals surface area contributed by atoms with Crippen molar-refractivity contribution in [3.63, 3.8) is 0 Å². The third-order valence-electron chi connectivity index (χ3n) is 4.10. The summed E-state index contributed by atoms with van der Waals surface area (Å²) in [6, 6.07) is 11.5. The summed E-state index contributed by atoms with van der Waals surface area (Å²) in [5.41, 5.74) is 0.824. The van der Waals surface area contributed by atoms with Gasteiger partial charge >= 0.3 is 0 Å². The van der Waals surface area contributed by atoms with E-state index in [4.69, 9.17) is 9.47 Å². The van der Waals surface area contributed by atoms with E-state index in [0.29, 0.717) is 18.9 Å². The van der Waals surface area contributed by atoms with Crippen LogP contribution >= 0.6 is 15.9 Å². The van der Waals surface area contributed by atoms with E-state index < -0.39 is 15.9 Å². The number of methoxy groups -OCH3 is 1. The van der Waals surface area contributed by atoms with Crippen LogP contribution in [0.3, 0.4) is 0 Å². The Balaban J connectivity index is 1.92. The van der Waals surface area contributed by atoms with E-state index in [1.807, 2.05) is 6.07 Å². The summed E-state index contributed by atoms with van der Waals surface area (Å²) >= 11 is 3.35. The first-order valence-electron chi connectivity index (χ1n) is 8.24. The maximum atomic E-state index is 13.0. The molecule has 0 atom stereocenters. The molecular weight excluding hydrogens is 436 g/mol. The molecule has 0 radical (unpaired) electrons. The van der Waals surface area contributed by atoms with E-state index in [-0.39, 0.29) is 29.3 Å². The highest BCUT2D eigenvalue weighted by Crippen LogP contribution is 2.29. The van der Waals surface area contributed by atoms with Gasteiger partial charge in [0.05, 0.1) is 20.3 Å². The quantitative estimate of drug-likeness (QED) is 0.750. The fraction of sp³-hybridized carbons (Fsp3) is 0.278. The van der Waals surface area contributed by atoms with Crippen LogP contribution in [0.15, 0.2) is 51.8 Å². The largest absolute Gasteiger partial charge is 0.495 e. The molecule has 2 aromatic rings. The third kappa shape index (κ3) is 4.49. The summed E-state index contributed by atoms with van der Waals surface area (Å²) < 4.78 is 38.6. The van der Waals surface area contributed by atoms with Gasteiger partial charge in [-0.25, -0.2) is 8.42 Å². The molecule has 1 aliphatic heterocycles. The number of halogens is 1. The molecule has 1 fully saturated rings. The molecule has 1 amide bonds. The molecule has 144 valence electrons. The second-order valence-electron chi connectivity index (χ2n) is 5.85. The monoisotopic (exact) mass is 454 g/mol. The Morgan fingerprint density at radius 2 is 1.93 bits per heavy atom. The van der Waals surface area contributed by atoms with Gasteiger partial charge < -0.3 is 14.8 Å². The van der Waals surface area contributed by atoms with Crippen LogP contribution in [0.4, 0.5) is 5.69 Å². The van der Waals surface area contributed by atoms with Crippen LogP contribution < -0.4 is 10.1 Å².